The Kier molecular flexibility index (Phi) is 4.34. The van der Waals surface area contributed by atoms with Crippen molar-refractivity contribution in [3.05, 3.63) is 46.2 Å². The molecule has 126 valence electrons. The van der Waals surface area contributed by atoms with E-state index in [0.29, 0.717) is 4.31 Å². The highest BCUT2D eigenvalue weighted by Crippen LogP contribution is 2.42. The minimum absolute atomic E-state index is 0.0732. The molecule has 0 radical (unpaired) electrons. The molecule has 1 heterocycles. The molecule has 1 unspecified atom stereocenters. The third kappa shape index (κ3) is 2.76. The molecule has 1 atom stereocenters. The van der Waals surface area contributed by atoms with E-state index in [4.69, 9.17) is 16.3 Å². The maximum absolute atomic E-state index is 13.2. The summed E-state index contributed by atoms with van der Waals surface area (Å²) in [5.41, 5.74) is -1.63. The maximum Gasteiger partial charge on any atom is 0.251 e. The zero-order valence-electron chi connectivity index (χ0n) is 12.6. The first-order valence-corrected chi connectivity index (χ1v) is 8.62. The van der Waals surface area contributed by atoms with E-state index in [1.54, 1.807) is 0 Å². The molecule has 23 heavy (non-hydrogen) atoms. The van der Waals surface area contributed by atoms with Crippen LogP contribution in [-0.2, 0) is 25.2 Å². The van der Waals surface area contributed by atoms with Crippen molar-refractivity contribution >= 4 is 27.4 Å². The number of halogens is 2. The fourth-order valence-corrected chi connectivity index (χ4v) is 3.31. The summed E-state index contributed by atoms with van der Waals surface area (Å²) in [7, 11) is -2.58. The molecule has 0 saturated heterocycles. The van der Waals surface area contributed by atoms with Gasteiger partial charge in [0.25, 0.3) is 11.7 Å². The van der Waals surface area contributed by atoms with Crippen LogP contribution in [0.4, 0.5) is 4.39 Å². The summed E-state index contributed by atoms with van der Waals surface area (Å²) in [6, 6.07) is 3.34. The number of nitrogens with zero attached hydrogens (tertiary/aromatic N) is 1. The lowest BCUT2D eigenvalue weighted by atomic mass is 9.91. The Morgan fingerprint density at radius 1 is 1.43 bits per heavy atom. The van der Waals surface area contributed by atoms with Gasteiger partial charge >= 0.3 is 0 Å². The highest BCUT2D eigenvalue weighted by atomic mass is 35.5. The van der Waals surface area contributed by atoms with Gasteiger partial charge < -0.3 is 9.84 Å². The van der Waals surface area contributed by atoms with E-state index in [2.05, 4.69) is 0 Å². The minimum atomic E-state index is -3.74. The van der Waals surface area contributed by atoms with Gasteiger partial charge in [-0.05, 0) is 26.0 Å². The maximum atomic E-state index is 13.2. The molecule has 0 aromatic heterocycles. The van der Waals surface area contributed by atoms with E-state index < -0.39 is 38.9 Å². The number of rotatable bonds is 4. The fourth-order valence-electron chi connectivity index (χ4n) is 2.20. The van der Waals surface area contributed by atoms with Crippen molar-refractivity contribution in [3.8, 4) is 0 Å². The molecular formula is C14H15ClFNO5S. The lowest BCUT2D eigenvalue weighted by molar-refractivity contribution is -0.132. The van der Waals surface area contributed by atoms with Gasteiger partial charge in [-0.25, -0.2) is 17.1 Å². The molecule has 2 rings (SSSR count). The highest BCUT2D eigenvalue weighted by Gasteiger charge is 2.51. The summed E-state index contributed by atoms with van der Waals surface area (Å²) in [6.07, 6.45) is 0. The minimum Gasteiger partial charge on any atom is -0.501 e. The largest absolute Gasteiger partial charge is 0.501 e. The number of benzene rings is 1. The van der Waals surface area contributed by atoms with Crippen LogP contribution in [-0.4, -0.2) is 36.4 Å². The number of ether oxygens (including phenoxy) is 1. The zero-order valence-corrected chi connectivity index (χ0v) is 14.2. The van der Waals surface area contributed by atoms with Gasteiger partial charge in [0.05, 0.1) is 10.8 Å². The second kappa shape index (κ2) is 5.68. The van der Waals surface area contributed by atoms with Crippen LogP contribution >= 0.6 is 11.6 Å². The molecule has 0 spiro atoms. The number of carbonyl (C=O) groups excluding carboxylic acids is 1. The molecule has 0 bridgehead atoms. The molecule has 9 heteroatoms. The summed E-state index contributed by atoms with van der Waals surface area (Å²) in [5.74, 6) is -3.02. The van der Waals surface area contributed by atoms with E-state index >= 15 is 0 Å². The van der Waals surface area contributed by atoms with Crippen molar-refractivity contribution in [2.24, 2.45) is 0 Å². The Balaban J connectivity index is 2.49. The average Bonchev–Trinajstić information content (AvgIpc) is 2.71. The first-order chi connectivity index (χ1) is 10.5. The first kappa shape index (κ1) is 17.6. The number of hydrogen-bond acceptors (Lipinski definition) is 5. The lowest BCUT2D eigenvalue weighted by Gasteiger charge is -2.27. The Labute approximate surface area is 138 Å². The molecule has 0 aliphatic carbocycles. The monoisotopic (exact) mass is 363 g/mol. The Morgan fingerprint density at radius 2 is 2.04 bits per heavy atom. The van der Waals surface area contributed by atoms with Gasteiger partial charge in [0, 0.05) is 12.6 Å². The number of ketones is 1. The second-order valence-corrected chi connectivity index (χ2v) is 7.81. The van der Waals surface area contributed by atoms with Gasteiger partial charge in [-0.1, -0.05) is 17.7 Å². The molecule has 1 aliphatic rings. The predicted octanol–water partition coefficient (Wildman–Crippen LogP) is 2.30. The molecule has 0 saturated carbocycles. The van der Waals surface area contributed by atoms with Crippen molar-refractivity contribution in [1.82, 2.24) is 4.31 Å². The van der Waals surface area contributed by atoms with Crippen LogP contribution in [0, 0.1) is 5.82 Å². The molecule has 1 N–H and O–H groups in total. The third-order valence-corrected chi connectivity index (χ3v) is 5.71. The van der Waals surface area contributed by atoms with E-state index in [-0.39, 0.29) is 16.3 Å². The zero-order chi connectivity index (χ0) is 17.6. The van der Waals surface area contributed by atoms with Crippen molar-refractivity contribution in [2.75, 3.05) is 12.8 Å². The van der Waals surface area contributed by atoms with E-state index in [9.17, 15) is 22.7 Å². The lowest BCUT2D eigenvalue weighted by Crippen LogP contribution is -2.33. The third-order valence-electron chi connectivity index (χ3n) is 3.66. The van der Waals surface area contributed by atoms with E-state index in [0.717, 1.165) is 19.2 Å². The quantitative estimate of drug-likeness (QED) is 0.887. The van der Waals surface area contributed by atoms with Gasteiger partial charge in [0.2, 0.25) is 21.4 Å². The molecule has 1 aromatic rings. The Morgan fingerprint density at radius 3 is 2.57 bits per heavy atom. The summed E-state index contributed by atoms with van der Waals surface area (Å²) >= 11 is 5.95. The van der Waals surface area contributed by atoms with Gasteiger partial charge in [-0.3, -0.25) is 4.79 Å². The van der Waals surface area contributed by atoms with Crippen molar-refractivity contribution < 1.29 is 27.4 Å². The number of carbonyl (C=O) groups is 1. The standard InChI is InChI=1S/C14H15ClFNO5S/c1-4-23(20,21)17(3)13-11(18)12(19)14(2,22-13)9-6-5-8(16)7-10(9)15/h5-7,18H,4H2,1-3H3. The average molecular weight is 364 g/mol. The molecule has 0 fully saturated rings. The summed E-state index contributed by atoms with van der Waals surface area (Å²) in [4.78, 5) is 12.4. The molecule has 0 amide bonds. The van der Waals surface area contributed by atoms with Crippen molar-refractivity contribution in [2.45, 2.75) is 19.4 Å². The number of sulfonamides is 1. The van der Waals surface area contributed by atoms with Crippen LogP contribution in [0.15, 0.2) is 29.8 Å². The van der Waals surface area contributed by atoms with E-state index in [1.165, 1.54) is 19.9 Å². The van der Waals surface area contributed by atoms with Crippen LogP contribution in [0.5, 0.6) is 0 Å². The van der Waals surface area contributed by atoms with E-state index in [1.807, 2.05) is 0 Å². The molecular weight excluding hydrogens is 349 g/mol. The topological polar surface area (TPSA) is 83.9 Å². The predicted molar refractivity (Wildman–Crippen MR) is 81.7 cm³/mol. The normalized spacial score (nSPS) is 21.5. The van der Waals surface area contributed by atoms with Gasteiger partial charge in [0.1, 0.15) is 5.82 Å². The van der Waals surface area contributed by atoms with Crippen LogP contribution in [0.25, 0.3) is 0 Å². The number of aliphatic hydroxyl groups excluding tert-OH is 1. The van der Waals surface area contributed by atoms with Gasteiger partial charge in [0.15, 0.2) is 0 Å². The smallest absolute Gasteiger partial charge is 0.251 e. The molecule has 6 nitrogen and oxygen atoms in total. The van der Waals surface area contributed by atoms with Crippen molar-refractivity contribution in [1.29, 1.82) is 0 Å². The van der Waals surface area contributed by atoms with Crippen LogP contribution in [0.2, 0.25) is 5.02 Å². The number of Topliss-reactive ketones (excluding diaryl/α,β-unsaturated/α-hetero) is 1. The summed E-state index contributed by atoms with van der Waals surface area (Å²) < 4.78 is 43.2. The fraction of sp³-hybridized carbons (Fsp3) is 0.357. The van der Waals surface area contributed by atoms with Gasteiger partial charge in [-0.2, -0.15) is 0 Å². The van der Waals surface area contributed by atoms with Crippen LogP contribution in [0.3, 0.4) is 0 Å². The van der Waals surface area contributed by atoms with Crippen LogP contribution < -0.4 is 0 Å². The molecule has 1 aliphatic heterocycles. The van der Waals surface area contributed by atoms with Gasteiger partial charge in [-0.15, -0.1) is 0 Å². The van der Waals surface area contributed by atoms with Crippen molar-refractivity contribution in [3.63, 3.8) is 0 Å². The highest BCUT2D eigenvalue weighted by molar-refractivity contribution is 7.89. The Hall–Kier alpha value is -1.80. The van der Waals surface area contributed by atoms with Crippen LogP contribution in [0.1, 0.15) is 19.4 Å². The second-order valence-electron chi connectivity index (χ2n) is 5.11. The number of aliphatic hydroxyl groups is 1. The SMILES string of the molecule is CCS(=O)(=O)N(C)C1=C(O)C(=O)C(C)(c2ccc(F)cc2Cl)O1. The summed E-state index contributed by atoms with van der Waals surface area (Å²) in [5, 5.41) is 9.94. The summed E-state index contributed by atoms with van der Waals surface area (Å²) in [6.45, 7) is 2.74. The Bertz CT molecular complexity index is 807. The molecule has 1 aromatic carbocycles. The first-order valence-electron chi connectivity index (χ1n) is 6.63. The number of hydrogen-bond donors (Lipinski definition) is 1.